The van der Waals surface area contributed by atoms with Crippen LogP contribution in [0.1, 0.15) is 25.8 Å². The molecule has 0 spiro atoms. The number of nitrogens with one attached hydrogen (secondary N) is 1. The van der Waals surface area contributed by atoms with Crippen LogP contribution in [0.15, 0.2) is 24.3 Å². The fourth-order valence-electron chi connectivity index (χ4n) is 4.19. The Morgan fingerprint density at radius 1 is 1.11 bits per heavy atom. The molecule has 5 nitrogen and oxygen atoms in total. The lowest BCUT2D eigenvalue weighted by atomic mass is 9.92. The zero-order chi connectivity index (χ0) is 19.4. The monoisotopic (exact) mass is 388 g/mol. The molecule has 148 valence electrons. The summed E-state index contributed by atoms with van der Waals surface area (Å²) in [4.78, 5) is 19.2. The Hall–Kier alpha value is -1.66. The van der Waals surface area contributed by atoms with Crippen molar-refractivity contribution in [2.75, 3.05) is 51.1 Å². The molecule has 0 unspecified atom stereocenters. The minimum absolute atomic E-state index is 0.280. The van der Waals surface area contributed by atoms with Gasteiger partial charge in [0.1, 0.15) is 0 Å². The van der Waals surface area contributed by atoms with Crippen LogP contribution in [0.4, 0.5) is 5.69 Å². The molecule has 27 heavy (non-hydrogen) atoms. The zero-order valence-corrected chi connectivity index (χ0v) is 17.6. The minimum atomic E-state index is 0.280. The van der Waals surface area contributed by atoms with E-state index < -0.39 is 0 Å². The Bertz CT molecular complexity index is 662. The fourth-order valence-corrected chi connectivity index (χ4v) is 4.49. The van der Waals surface area contributed by atoms with Gasteiger partial charge in [0.25, 0.3) is 0 Å². The van der Waals surface area contributed by atoms with Crippen LogP contribution in [0.5, 0.6) is 0 Å². The standard InChI is InChI=1S/C21H32N4OS/c1-16-5-4-6-19(12-16)22-21(27)24-9-7-23(8-10-24)15-20(26)25-13-17(2)11-18(3)14-25/h4-6,12,17-18H,7-11,13-15H2,1-3H3,(H,22,27)/t17-,18-/m1/s1. The summed E-state index contributed by atoms with van der Waals surface area (Å²) in [5, 5.41) is 4.10. The first-order chi connectivity index (χ1) is 12.9. The van der Waals surface area contributed by atoms with E-state index >= 15 is 0 Å². The first-order valence-corrected chi connectivity index (χ1v) is 10.4. The van der Waals surface area contributed by atoms with Gasteiger partial charge < -0.3 is 15.1 Å². The number of piperidine rings is 1. The predicted molar refractivity (Wildman–Crippen MR) is 115 cm³/mol. The van der Waals surface area contributed by atoms with Crippen LogP contribution in [-0.4, -0.2) is 71.5 Å². The SMILES string of the molecule is Cc1cccc(NC(=S)N2CCN(CC(=O)N3C[C@H](C)C[C@@H](C)C3)CC2)c1. The van der Waals surface area contributed by atoms with Gasteiger partial charge in [-0.05, 0) is 55.1 Å². The second-order valence-corrected chi connectivity index (χ2v) is 8.69. The van der Waals surface area contributed by atoms with E-state index in [-0.39, 0.29) is 5.91 Å². The molecular weight excluding hydrogens is 356 g/mol. The molecule has 1 N–H and O–H groups in total. The lowest BCUT2D eigenvalue weighted by molar-refractivity contribution is -0.135. The number of nitrogens with zero attached hydrogens (tertiary/aromatic N) is 3. The first-order valence-electron chi connectivity index (χ1n) is 10.0. The highest BCUT2D eigenvalue weighted by Gasteiger charge is 2.27. The second-order valence-electron chi connectivity index (χ2n) is 8.31. The maximum atomic E-state index is 12.7. The largest absolute Gasteiger partial charge is 0.346 e. The third-order valence-corrected chi connectivity index (χ3v) is 5.87. The first kappa shape index (κ1) is 20.1. The number of amides is 1. The maximum Gasteiger partial charge on any atom is 0.236 e. The molecule has 3 rings (SSSR count). The van der Waals surface area contributed by atoms with Gasteiger partial charge in [-0.1, -0.05) is 26.0 Å². The number of benzene rings is 1. The number of aryl methyl sites for hydroxylation is 1. The van der Waals surface area contributed by atoms with Gasteiger partial charge in [0.05, 0.1) is 6.54 Å². The third kappa shape index (κ3) is 5.66. The number of hydrogen-bond donors (Lipinski definition) is 1. The molecule has 2 aliphatic rings. The predicted octanol–water partition coefficient (Wildman–Crippen LogP) is 2.81. The summed E-state index contributed by atoms with van der Waals surface area (Å²) in [6.07, 6.45) is 1.23. The topological polar surface area (TPSA) is 38.8 Å². The van der Waals surface area contributed by atoms with Crippen molar-refractivity contribution in [2.24, 2.45) is 11.8 Å². The molecule has 2 aliphatic heterocycles. The molecule has 0 radical (unpaired) electrons. The summed E-state index contributed by atoms with van der Waals surface area (Å²) in [5.74, 6) is 1.50. The molecule has 2 saturated heterocycles. The van der Waals surface area contributed by atoms with E-state index in [1.54, 1.807) is 0 Å². The molecule has 0 saturated carbocycles. The summed E-state index contributed by atoms with van der Waals surface area (Å²) in [7, 11) is 0. The number of carbonyl (C=O) groups is 1. The highest BCUT2D eigenvalue weighted by Crippen LogP contribution is 2.21. The average molecular weight is 389 g/mol. The lowest BCUT2D eigenvalue weighted by Crippen LogP contribution is -2.53. The summed E-state index contributed by atoms with van der Waals surface area (Å²) < 4.78 is 0. The van der Waals surface area contributed by atoms with Crippen LogP contribution in [0.3, 0.4) is 0 Å². The van der Waals surface area contributed by atoms with Crippen LogP contribution in [0.2, 0.25) is 0 Å². The minimum Gasteiger partial charge on any atom is -0.346 e. The highest BCUT2D eigenvalue weighted by molar-refractivity contribution is 7.80. The van der Waals surface area contributed by atoms with E-state index in [0.29, 0.717) is 18.4 Å². The summed E-state index contributed by atoms with van der Waals surface area (Å²) >= 11 is 5.58. The van der Waals surface area contributed by atoms with Gasteiger partial charge in [0.15, 0.2) is 5.11 Å². The molecule has 0 aromatic heterocycles. The van der Waals surface area contributed by atoms with Gasteiger partial charge in [-0.3, -0.25) is 9.69 Å². The van der Waals surface area contributed by atoms with Crippen molar-refractivity contribution in [3.05, 3.63) is 29.8 Å². The lowest BCUT2D eigenvalue weighted by Gasteiger charge is -2.39. The zero-order valence-electron chi connectivity index (χ0n) is 16.8. The van der Waals surface area contributed by atoms with Crippen LogP contribution >= 0.6 is 12.2 Å². The van der Waals surface area contributed by atoms with Crippen LogP contribution < -0.4 is 5.32 Å². The van der Waals surface area contributed by atoms with E-state index in [2.05, 4.69) is 52.9 Å². The van der Waals surface area contributed by atoms with Crippen molar-refractivity contribution < 1.29 is 4.79 Å². The maximum absolute atomic E-state index is 12.7. The quantitative estimate of drug-likeness (QED) is 0.806. The summed E-state index contributed by atoms with van der Waals surface area (Å²) in [5.41, 5.74) is 2.25. The summed E-state index contributed by atoms with van der Waals surface area (Å²) in [6, 6.07) is 8.25. The summed E-state index contributed by atoms with van der Waals surface area (Å²) in [6.45, 7) is 12.4. The average Bonchev–Trinajstić information content (AvgIpc) is 2.61. The van der Waals surface area contributed by atoms with Gasteiger partial charge >= 0.3 is 0 Å². The van der Waals surface area contributed by atoms with E-state index in [9.17, 15) is 4.79 Å². The molecule has 1 aromatic rings. The Morgan fingerprint density at radius 3 is 2.41 bits per heavy atom. The molecule has 0 bridgehead atoms. The Morgan fingerprint density at radius 2 is 1.78 bits per heavy atom. The van der Waals surface area contributed by atoms with Crippen molar-refractivity contribution in [3.63, 3.8) is 0 Å². The number of anilines is 1. The normalized spacial score (nSPS) is 24.0. The number of thiocarbonyl (C=S) groups is 1. The van der Waals surface area contributed by atoms with E-state index in [4.69, 9.17) is 12.2 Å². The van der Waals surface area contributed by atoms with Crippen molar-refractivity contribution >= 4 is 28.9 Å². The molecule has 0 aliphatic carbocycles. The molecule has 1 aromatic carbocycles. The van der Waals surface area contributed by atoms with Crippen molar-refractivity contribution in [2.45, 2.75) is 27.2 Å². The number of carbonyl (C=O) groups excluding carboxylic acids is 1. The molecule has 1 amide bonds. The highest BCUT2D eigenvalue weighted by atomic mass is 32.1. The number of piperazine rings is 1. The van der Waals surface area contributed by atoms with E-state index in [1.807, 2.05) is 12.1 Å². The molecule has 2 atom stereocenters. The van der Waals surface area contributed by atoms with Gasteiger partial charge in [-0.15, -0.1) is 0 Å². The molecular formula is C21H32N4OS. The number of likely N-dealkylation sites (tertiary alicyclic amines) is 1. The Balaban J connectivity index is 1.44. The van der Waals surface area contributed by atoms with E-state index in [0.717, 1.165) is 50.1 Å². The van der Waals surface area contributed by atoms with Gasteiger partial charge in [0.2, 0.25) is 5.91 Å². The molecule has 2 heterocycles. The van der Waals surface area contributed by atoms with Gasteiger partial charge in [0, 0.05) is 45.0 Å². The van der Waals surface area contributed by atoms with Crippen molar-refractivity contribution in [1.82, 2.24) is 14.7 Å². The van der Waals surface area contributed by atoms with Gasteiger partial charge in [-0.2, -0.15) is 0 Å². The van der Waals surface area contributed by atoms with Crippen LogP contribution in [-0.2, 0) is 4.79 Å². The smallest absolute Gasteiger partial charge is 0.236 e. The van der Waals surface area contributed by atoms with Crippen molar-refractivity contribution in [3.8, 4) is 0 Å². The van der Waals surface area contributed by atoms with Crippen LogP contribution in [0.25, 0.3) is 0 Å². The molecule has 2 fully saturated rings. The van der Waals surface area contributed by atoms with Gasteiger partial charge in [-0.25, -0.2) is 0 Å². The second kappa shape index (κ2) is 9.02. The Labute approximate surface area is 168 Å². The van der Waals surface area contributed by atoms with Crippen LogP contribution in [0, 0.1) is 18.8 Å². The molecule has 6 heteroatoms. The van der Waals surface area contributed by atoms with Crippen molar-refractivity contribution in [1.29, 1.82) is 0 Å². The Kier molecular flexibility index (Phi) is 6.71. The number of hydrogen-bond acceptors (Lipinski definition) is 3. The third-order valence-electron chi connectivity index (χ3n) is 5.51. The van der Waals surface area contributed by atoms with E-state index in [1.165, 1.54) is 12.0 Å². The fraction of sp³-hybridized carbons (Fsp3) is 0.619. The number of rotatable bonds is 3.